The Bertz CT molecular complexity index is 1680. The summed E-state index contributed by atoms with van der Waals surface area (Å²) in [6.45, 7) is 8.53. The highest BCUT2D eigenvalue weighted by Gasteiger charge is 2.18. The lowest BCUT2D eigenvalue weighted by atomic mass is 10.1. The van der Waals surface area contributed by atoms with Crippen LogP contribution in [-0.2, 0) is 18.8 Å². The zero-order chi connectivity index (χ0) is 27.1. The van der Waals surface area contributed by atoms with Crippen molar-refractivity contribution in [3.05, 3.63) is 53.9 Å². The van der Waals surface area contributed by atoms with Gasteiger partial charge in [0, 0.05) is 70.0 Å². The Hall–Kier alpha value is -4.29. The third-order valence-corrected chi connectivity index (χ3v) is 7.18. The molecule has 12 heteroatoms. The van der Waals surface area contributed by atoms with Gasteiger partial charge in [-0.15, -0.1) is 0 Å². The molecule has 6 heterocycles. The predicted octanol–water partition coefficient (Wildman–Crippen LogP) is 2.44. The molecule has 202 valence electrons. The number of ether oxygens (including phenoxy) is 1. The van der Waals surface area contributed by atoms with E-state index >= 15 is 0 Å². The van der Waals surface area contributed by atoms with Gasteiger partial charge < -0.3 is 15.4 Å². The predicted molar refractivity (Wildman–Crippen MR) is 148 cm³/mol. The van der Waals surface area contributed by atoms with E-state index in [1.165, 1.54) is 0 Å². The van der Waals surface area contributed by atoms with E-state index in [2.05, 4.69) is 36.8 Å². The maximum Gasteiger partial charge on any atom is 0.252 e. The van der Waals surface area contributed by atoms with E-state index in [4.69, 9.17) is 9.84 Å². The molecule has 12 nitrogen and oxygen atoms in total. The molecular weight excluding hydrogens is 496 g/mol. The van der Waals surface area contributed by atoms with Gasteiger partial charge in [0.2, 0.25) is 0 Å². The SMILES string of the molecule is Cc1ncc(C(=O)NCCN2CCOCC2)cc1Nc1nn(C)c2c1cnn1cc(-c3cn(C)nc3C)cc21. The monoisotopic (exact) mass is 528 g/mol. The fourth-order valence-electron chi connectivity index (χ4n) is 5.10. The van der Waals surface area contributed by atoms with Gasteiger partial charge >= 0.3 is 0 Å². The maximum atomic E-state index is 12.8. The fourth-order valence-corrected chi connectivity index (χ4v) is 5.10. The molecule has 1 fully saturated rings. The molecule has 39 heavy (non-hydrogen) atoms. The van der Waals surface area contributed by atoms with Crippen molar-refractivity contribution in [2.45, 2.75) is 13.8 Å². The quantitative estimate of drug-likeness (QED) is 0.331. The van der Waals surface area contributed by atoms with E-state index in [-0.39, 0.29) is 5.91 Å². The molecule has 2 N–H and O–H groups in total. The number of morpholine rings is 1. The van der Waals surface area contributed by atoms with E-state index < -0.39 is 0 Å². The van der Waals surface area contributed by atoms with Gasteiger partial charge in [0.1, 0.15) is 0 Å². The summed E-state index contributed by atoms with van der Waals surface area (Å²) < 4.78 is 10.9. The van der Waals surface area contributed by atoms with E-state index in [1.54, 1.807) is 6.20 Å². The number of hydrogen-bond acceptors (Lipinski definition) is 8. The molecule has 0 aliphatic carbocycles. The number of anilines is 2. The van der Waals surface area contributed by atoms with Crippen LogP contribution in [0.3, 0.4) is 0 Å². The number of amides is 1. The molecule has 1 amide bonds. The first-order chi connectivity index (χ1) is 18.9. The molecule has 0 aromatic carbocycles. The van der Waals surface area contributed by atoms with Gasteiger partial charge in [0.15, 0.2) is 5.82 Å². The zero-order valence-electron chi connectivity index (χ0n) is 22.6. The van der Waals surface area contributed by atoms with Crippen LogP contribution in [0.4, 0.5) is 11.5 Å². The van der Waals surface area contributed by atoms with E-state index in [0.717, 1.165) is 77.5 Å². The number of hydrogen-bond donors (Lipinski definition) is 2. The van der Waals surface area contributed by atoms with Crippen LogP contribution < -0.4 is 10.6 Å². The largest absolute Gasteiger partial charge is 0.379 e. The highest BCUT2D eigenvalue weighted by atomic mass is 16.5. The Balaban J connectivity index is 1.25. The number of aromatic nitrogens is 7. The van der Waals surface area contributed by atoms with Crippen molar-refractivity contribution >= 4 is 33.8 Å². The number of carbonyl (C=O) groups excluding carboxylic acids is 1. The molecule has 6 rings (SSSR count). The highest BCUT2D eigenvalue weighted by molar-refractivity contribution is 6.01. The van der Waals surface area contributed by atoms with Crippen molar-refractivity contribution < 1.29 is 9.53 Å². The standard InChI is InChI=1S/C27H32N10O2/c1-17-22(16-34(3)32-17)20-12-24-25-21(14-30-37(24)15-20)26(33-35(25)4)31-23-11-19(13-29-18(23)2)27(38)28-5-6-36-7-9-39-10-8-36/h11-16H,5-10H2,1-4H3,(H,28,38)(H,31,33). The van der Waals surface area contributed by atoms with E-state index in [9.17, 15) is 4.79 Å². The first-order valence-electron chi connectivity index (χ1n) is 13.0. The van der Waals surface area contributed by atoms with Crippen LogP contribution >= 0.6 is 0 Å². The molecule has 0 radical (unpaired) electrons. The van der Waals surface area contributed by atoms with Crippen molar-refractivity contribution in [2.24, 2.45) is 14.1 Å². The second kappa shape index (κ2) is 10.1. The minimum absolute atomic E-state index is 0.153. The Morgan fingerprint density at radius 2 is 1.87 bits per heavy atom. The van der Waals surface area contributed by atoms with Crippen LogP contribution in [0.25, 0.3) is 27.5 Å². The number of nitrogens with zero attached hydrogens (tertiary/aromatic N) is 8. The van der Waals surface area contributed by atoms with Gasteiger partial charge in [-0.3, -0.25) is 24.0 Å². The van der Waals surface area contributed by atoms with E-state index in [0.29, 0.717) is 17.9 Å². The molecule has 0 saturated carbocycles. The average molecular weight is 529 g/mol. The van der Waals surface area contributed by atoms with Gasteiger partial charge in [0.05, 0.1) is 58.5 Å². The van der Waals surface area contributed by atoms with Crippen molar-refractivity contribution in [3.63, 3.8) is 0 Å². The number of rotatable bonds is 7. The van der Waals surface area contributed by atoms with Gasteiger partial charge in [-0.05, 0) is 26.0 Å². The Morgan fingerprint density at radius 3 is 2.64 bits per heavy atom. The first-order valence-corrected chi connectivity index (χ1v) is 13.0. The summed E-state index contributed by atoms with van der Waals surface area (Å²) in [6.07, 6.45) is 7.43. The average Bonchev–Trinajstić information content (AvgIpc) is 3.59. The molecule has 1 aliphatic rings. The third-order valence-electron chi connectivity index (χ3n) is 7.18. The molecule has 5 aromatic heterocycles. The summed E-state index contributed by atoms with van der Waals surface area (Å²) in [5.74, 6) is 0.497. The lowest BCUT2D eigenvalue weighted by Crippen LogP contribution is -2.41. The first kappa shape index (κ1) is 25.0. The number of nitrogens with one attached hydrogen (secondary N) is 2. The van der Waals surface area contributed by atoms with E-state index in [1.807, 2.05) is 66.5 Å². The molecule has 0 bridgehead atoms. The molecule has 0 spiro atoms. The third kappa shape index (κ3) is 4.84. The molecule has 1 aliphatic heterocycles. The van der Waals surface area contributed by atoms with Gasteiger partial charge in [-0.2, -0.15) is 15.3 Å². The van der Waals surface area contributed by atoms with Crippen LogP contribution in [-0.4, -0.2) is 84.4 Å². The molecule has 1 saturated heterocycles. The van der Waals surface area contributed by atoms with Gasteiger partial charge in [-0.1, -0.05) is 0 Å². The van der Waals surface area contributed by atoms with Crippen LogP contribution in [0.15, 0.2) is 36.9 Å². The molecule has 5 aromatic rings. The van der Waals surface area contributed by atoms with Gasteiger partial charge in [0.25, 0.3) is 5.91 Å². The maximum absolute atomic E-state index is 12.8. The number of aryl methyl sites for hydroxylation is 4. The Kier molecular flexibility index (Phi) is 6.49. The van der Waals surface area contributed by atoms with Crippen LogP contribution in [0, 0.1) is 13.8 Å². The van der Waals surface area contributed by atoms with Crippen LogP contribution in [0.2, 0.25) is 0 Å². The fraction of sp³-hybridized carbons (Fsp3) is 0.370. The molecule has 0 atom stereocenters. The van der Waals surface area contributed by atoms with Crippen LogP contribution in [0.5, 0.6) is 0 Å². The Labute approximate surface area is 225 Å². The second-order valence-corrected chi connectivity index (χ2v) is 9.93. The highest BCUT2D eigenvalue weighted by Crippen LogP contribution is 2.32. The summed E-state index contributed by atoms with van der Waals surface area (Å²) >= 11 is 0. The van der Waals surface area contributed by atoms with Crippen molar-refractivity contribution in [3.8, 4) is 11.1 Å². The zero-order valence-corrected chi connectivity index (χ0v) is 22.6. The molecule has 0 unspecified atom stereocenters. The number of fused-ring (bicyclic) bond motifs is 3. The summed E-state index contributed by atoms with van der Waals surface area (Å²) in [5.41, 5.74) is 6.95. The smallest absolute Gasteiger partial charge is 0.252 e. The minimum Gasteiger partial charge on any atom is -0.379 e. The summed E-state index contributed by atoms with van der Waals surface area (Å²) in [4.78, 5) is 19.6. The van der Waals surface area contributed by atoms with Gasteiger partial charge in [-0.25, -0.2) is 4.52 Å². The minimum atomic E-state index is -0.153. The van der Waals surface area contributed by atoms with Crippen LogP contribution in [0.1, 0.15) is 21.7 Å². The summed E-state index contributed by atoms with van der Waals surface area (Å²) in [6, 6.07) is 3.93. The lowest BCUT2D eigenvalue weighted by Gasteiger charge is -2.26. The van der Waals surface area contributed by atoms with Crippen molar-refractivity contribution in [1.82, 2.24) is 44.4 Å². The number of carbonyl (C=O) groups is 1. The van der Waals surface area contributed by atoms with Crippen molar-refractivity contribution in [2.75, 3.05) is 44.7 Å². The second-order valence-electron chi connectivity index (χ2n) is 9.93. The number of pyridine rings is 1. The Morgan fingerprint density at radius 1 is 1.05 bits per heavy atom. The summed E-state index contributed by atoms with van der Waals surface area (Å²) in [7, 11) is 3.84. The topological polar surface area (TPSA) is 119 Å². The van der Waals surface area contributed by atoms with Crippen molar-refractivity contribution in [1.29, 1.82) is 0 Å². The normalized spacial score (nSPS) is 14.4. The molecular formula is C27H32N10O2. The lowest BCUT2D eigenvalue weighted by molar-refractivity contribution is 0.0383. The summed E-state index contributed by atoms with van der Waals surface area (Å²) in [5, 5.41) is 21.1.